The molecule has 0 saturated heterocycles. The Balaban J connectivity index is 2.63. The standard InChI is InChI=1S/C14H18BrNO3/c1-3-4-12(14(18)19)16-13(17)8-10-6-5-9(2)11(15)7-10/h5-7,12H,3-4,8H2,1-2H3,(H,16,17)(H,18,19). The van der Waals surface area contributed by atoms with E-state index in [2.05, 4.69) is 21.2 Å². The number of carboxylic acid groups (broad SMARTS) is 1. The normalized spacial score (nSPS) is 11.9. The molecule has 1 aromatic rings. The van der Waals surface area contributed by atoms with E-state index in [0.717, 1.165) is 15.6 Å². The highest BCUT2D eigenvalue weighted by atomic mass is 79.9. The van der Waals surface area contributed by atoms with Gasteiger partial charge in [0, 0.05) is 4.47 Å². The van der Waals surface area contributed by atoms with E-state index in [1.807, 2.05) is 32.0 Å². The van der Waals surface area contributed by atoms with Crippen LogP contribution in [0.25, 0.3) is 0 Å². The molecule has 0 aromatic heterocycles. The molecule has 1 aromatic carbocycles. The van der Waals surface area contributed by atoms with Crippen molar-refractivity contribution in [2.75, 3.05) is 0 Å². The molecule has 0 fully saturated rings. The predicted molar refractivity (Wildman–Crippen MR) is 77.1 cm³/mol. The lowest BCUT2D eigenvalue weighted by Crippen LogP contribution is -2.41. The Morgan fingerprint density at radius 1 is 1.42 bits per heavy atom. The molecule has 19 heavy (non-hydrogen) atoms. The Bertz CT molecular complexity index is 474. The third kappa shape index (κ3) is 5.03. The lowest BCUT2D eigenvalue weighted by atomic mass is 10.1. The molecule has 0 aliphatic rings. The number of hydrogen-bond acceptors (Lipinski definition) is 2. The SMILES string of the molecule is CCCC(NC(=O)Cc1ccc(C)c(Br)c1)C(=O)O. The Kier molecular flexibility index (Phi) is 6.02. The second-order valence-electron chi connectivity index (χ2n) is 4.51. The third-order valence-electron chi connectivity index (χ3n) is 2.81. The average Bonchev–Trinajstić information content (AvgIpc) is 2.33. The molecule has 4 nitrogen and oxygen atoms in total. The number of benzene rings is 1. The van der Waals surface area contributed by atoms with Gasteiger partial charge in [-0.1, -0.05) is 41.4 Å². The molecule has 5 heteroatoms. The van der Waals surface area contributed by atoms with Gasteiger partial charge in [-0.05, 0) is 30.5 Å². The minimum absolute atomic E-state index is 0.187. The molecule has 0 spiro atoms. The smallest absolute Gasteiger partial charge is 0.326 e. The van der Waals surface area contributed by atoms with Crippen LogP contribution < -0.4 is 5.32 Å². The summed E-state index contributed by atoms with van der Waals surface area (Å²) in [5.74, 6) is -1.25. The van der Waals surface area contributed by atoms with Crippen molar-refractivity contribution in [3.8, 4) is 0 Å². The second-order valence-corrected chi connectivity index (χ2v) is 5.36. The average molecular weight is 328 g/mol. The summed E-state index contributed by atoms with van der Waals surface area (Å²) in [5, 5.41) is 11.5. The van der Waals surface area contributed by atoms with Gasteiger partial charge in [-0.3, -0.25) is 4.79 Å². The summed E-state index contributed by atoms with van der Waals surface area (Å²) in [5.41, 5.74) is 1.95. The number of aliphatic carboxylic acids is 1. The number of carbonyl (C=O) groups is 2. The van der Waals surface area contributed by atoms with Crippen LogP contribution in [0, 0.1) is 6.92 Å². The van der Waals surface area contributed by atoms with E-state index in [1.165, 1.54) is 0 Å². The molecule has 0 radical (unpaired) electrons. The van der Waals surface area contributed by atoms with Crippen LogP contribution in [0.5, 0.6) is 0 Å². The monoisotopic (exact) mass is 327 g/mol. The van der Waals surface area contributed by atoms with E-state index in [1.54, 1.807) is 0 Å². The Hall–Kier alpha value is -1.36. The van der Waals surface area contributed by atoms with Gasteiger partial charge in [-0.2, -0.15) is 0 Å². The van der Waals surface area contributed by atoms with E-state index in [9.17, 15) is 9.59 Å². The van der Waals surface area contributed by atoms with E-state index in [-0.39, 0.29) is 12.3 Å². The number of aryl methyl sites for hydroxylation is 1. The highest BCUT2D eigenvalue weighted by molar-refractivity contribution is 9.10. The Morgan fingerprint density at radius 3 is 2.63 bits per heavy atom. The second kappa shape index (κ2) is 7.28. The number of hydrogen-bond donors (Lipinski definition) is 2. The van der Waals surface area contributed by atoms with Crippen LogP contribution in [0.4, 0.5) is 0 Å². The summed E-state index contributed by atoms with van der Waals surface area (Å²) in [6.45, 7) is 3.86. The minimum Gasteiger partial charge on any atom is -0.480 e. The van der Waals surface area contributed by atoms with Crippen molar-refractivity contribution < 1.29 is 14.7 Å². The van der Waals surface area contributed by atoms with Gasteiger partial charge in [0.1, 0.15) is 6.04 Å². The summed E-state index contributed by atoms with van der Waals surface area (Å²) in [6.07, 6.45) is 1.35. The third-order valence-corrected chi connectivity index (χ3v) is 3.67. The summed E-state index contributed by atoms with van der Waals surface area (Å²) >= 11 is 3.41. The van der Waals surface area contributed by atoms with E-state index < -0.39 is 12.0 Å². The molecule has 1 amide bonds. The van der Waals surface area contributed by atoms with Gasteiger partial charge in [0.15, 0.2) is 0 Å². The lowest BCUT2D eigenvalue weighted by molar-refractivity contribution is -0.141. The van der Waals surface area contributed by atoms with Gasteiger partial charge in [-0.15, -0.1) is 0 Å². The van der Waals surface area contributed by atoms with Crippen molar-refractivity contribution in [1.82, 2.24) is 5.32 Å². The van der Waals surface area contributed by atoms with Crippen molar-refractivity contribution in [2.45, 2.75) is 39.2 Å². The van der Waals surface area contributed by atoms with Gasteiger partial charge < -0.3 is 10.4 Å². The molecule has 2 N–H and O–H groups in total. The van der Waals surface area contributed by atoms with Crippen molar-refractivity contribution in [3.63, 3.8) is 0 Å². The molecule has 0 bridgehead atoms. The number of carboxylic acids is 1. The van der Waals surface area contributed by atoms with E-state index in [0.29, 0.717) is 12.8 Å². The topological polar surface area (TPSA) is 66.4 Å². The number of rotatable bonds is 6. The Morgan fingerprint density at radius 2 is 2.11 bits per heavy atom. The molecule has 1 atom stereocenters. The predicted octanol–water partition coefficient (Wildman–Crippen LogP) is 2.67. The van der Waals surface area contributed by atoms with Crippen molar-refractivity contribution >= 4 is 27.8 Å². The lowest BCUT2D eigenvalue weighted by Gasteiger charge is -2.13. The fraction of sp³-hybridized carbons (Fsp3) is 0.429. The van der Waals surface area contributed by atoms with Crippen LogP contribution in [0.2, 0.25) is 0 Å². The summed E-state index contributed by atoms with van der Waals surface area (Å²) in [7, 11) is 0. The highest BCUT2D eigenvalue weighted by Crippen LogP contribution is 2.17. The zero-order valence-electron chi connectivity index (χ0n) is 11.1. The molecule has 104 valence electrons. The van der Waals surface area contributed by atoms with Crippen LogP contribution >= 0.6 is 15.9 Å². The number of carbonyl (C=O) groups excluding carboxylic acids is 1. The van der Waals surface area contributed by atoms with E-state index >= 15 is 0 Å². The van der Waals surface area contributed by atoms with Crippen molar-refractivity contribution in [1.29, 1.82) is 0 Å². The quantitative estimate of drug-likeness (QED) is 0.844. The van der Waals surface area contributed by atoms with Crippen molar-refractivity contribution in [3.05, 3.63) is 33.8 Å². The first-order valence-corrected chi connectivity index (χ1v) is 7.00. The fourth-order valence-electron chi connectivity index (χ4n) is 1.72. The maximum absolute atomic E-state index is 11.8. The zero-order valence-corrected chi connectivity index (χ0v) is 12.7. The van der Waals surface area contributed by atoms with Crippen LogP contribution in [-0.4, -0.2) is 23.0 Å². The molecule has 0 saturated carbocycles. The zero-order chi connectivity index (χ0) is 14.4. The summed E-state index contributed by atoms with van der Waals surface area (Å²) in [4.78, 5) is 22.8. The first kappa shape index (κ1) is 15.7. The molecule has 1 rings (SSSR count). The summed E-state index contributed by atoms with van der Waals surface area (Å²) in [6, 6.07) is 4.87. The molecule has 0 aliphatic heterocycles. The van der Waals surface area contributed by atoms with Gasteiger partial charge in [-0.25, -0.2) is 4.79 Å². The van der Waals surface area contributed by atoms with Crippen LogP contribution in [0.15, 0.2) is 22.7 Å². The van der Waals surface area contributed by atoms with Gasteiger partial charge in [0.25, 0.3) is 0 Å². The first-order chi connectivity index (χ1) is 8.93. The molecule has 1 unspecified atom stereocenters. The molecular weight excluding hydrogens is 310 g/mol. The minimum atomic E-state index is -0.986. The Labute approximate surface area is 121 Å². The van der Waals surface area contributed by atoms with Gasteiger partial charge in [0.05, 0.1) is 6.42 Å². The van der Waals surface area contributed by atoms with Crippen molar-refractivity contribution in [2.24, 2.45) is 0 Å². The van der Waals surface area contributed by atoms with Gasteiger partial charge in [0.2, 0.25) is 5.91 Å². The van der Waals surface area contributed by atoms with Gasteiger partial charge >= 0.3 is 5.97 Å². The maximum atomic E-state index is 11.8. The molecule has 0 heterocycles. The summed E-state index contributed by atoms with van der Waals surface area (Å²) < 4.78 is 0.946. The maximum Gasteiger partial charge on any atom is 0.326 e. The number of halogens is 1. The molecule has 0 aliphatic carbocycles. The van der Waals surface area contributed by atoms with Crippen LogP contribution in [-0.2, 0) is 16.0 Å². The molecular formula is C14H18BrNO3. The van der Waals surface area contributed by atoms with Crippen LogP contribution in [0.3, 0.4) is 0 Å². The van der Waals surface area contributed by atoms with E-state index in [4.69, 9.17) is 5.11 Å². The number of nitrogens with one attached hydrogen (secondary N) is 1. The van der Waals surface area contributed by atoms with Crippen LogP contribution in [0.1, 0.15) is 30.9 Å². The fourth-order valence-corrected chi connectivity index (χ4v) is 2.15. The largest absolute Gasteiger partial charge is 0.480 e. The first-order valence-electron chi connectivity index (χ1n) is 6.21. The number of amides is 1. The highest BCUT2D eigenvalue weighted by Gasteiger charge is 2.18.